The third kappa shape index (κ3) is 6.58. The molecule has 2 heterocycles. The van der Waals surface area contributed by atoms with Gasteiger partial charge in [0.15, 0.2) is 0 Å². The van der Waals surface area contributed by atoms with E-state index in [0.29, 0.717) is 27.1 Å². The summed E-state index contributed by atoms with van der Waals surface area (Å²) in [5, 5.41) is 1.65. The number of anilines is 1. The van der Waals surface area contributed by atoms with Gasteiger partial charge in [0.2, 0.25) is 5.95 Å². The Bertz CT molecular complexity index is 1180. The van der Waals surface area contributed by atoms with Gasteiger partial charge >= 0.3 is 6.09 Å². The number of fused-ring (bicyclic) bond motifs is 1. The molecule has 1 fully saturated rings. The minimum Gasteiger partial charge on any atom is -0.495 e. The van der Waals surface area contributed by atoms with Gasteiger partial charge in [0, 0.05) is 36.3 Å². The smallest absolute Gasteiger partial charge is 0.410 e. The van der Waals surface area contributed by atoms with Crippen molar-refractivity contribution in [2.24, 2.45) is 0 Å². The molecule has 188 valence electrons. The number of carbonyl (C=O) groups is 1. The molecule has 2 N–H and O–H groups in total. The molecule has 1 saturated heterocycles. The molecule has 0 radical (unpaired) electrons. The van der Waals surface area contributed by atoms with Gasteiger partial charge in [-0.3, -0.25) is 0 Å². The van der Waals surface area contributed by atoms with Gasteiger partial charge in [-0.25, -0.2) is 14.8 Å². The van der Waals surface area contributed by atoms with Gasteiger partial charge in [0.25, 0.3) is 0 Å². The van der Waals surface area contributed by atoms with Crippen LogP contribution in [0, 0.1) is 0 Å². The summed E-state index contributed by atoms with van der Waals surface area (Å²) < 4.78 is 15.8. The molecule has 10 heteroatoms. The highest BCUT2D eigenvalue weighted by Gasteiger charge is 2.24. The first-order chi connectivity index (χ1) is 16.5. The minimum atomic E-state index is -0.361. The third-order valence-electron chi connectivity index (χ3n) is 5.22. The number of amides is 1. The number of nitrogen functional groups attached to an aromatic ring is 1. The lowest BCUT2D eigenvalue weighted by Crippen LogP contribution is -2.34. The highest BCUT2D eigenvalue weighted by Crippen LogP contribution is 2.46. The normalized spacial score (nSPS) is 13.3. The summed E-state index contributed by atoms with van der Waals surface area (Å²) in [4.78, 5) is 21.3. The van der Waals surface area contributed by atoms with Crippen LogP contribution in [0.1, 0.15) is 33.6 Å². The fourth-order valence-electron chi connectivity index (χ4n) is 3.57. The summed E-state index contributed by atoms with van der Waals surface area (Å²) in [5.74, 6) is 1.19. The van der Waals surface area contributed by atoms with E-state index < -0.39 is 0 Å². The van der Waals surface area contributed by atoms with Crippen LogP contribution in [0.2, 0.25) is 10.0 Å². The van der Waals surface area contributed by atoms with Crippen LogP contribution >= 0.6 is 23.2 Å². The second-order valence-electron chi connectivity index (χ2n) is 8.96. The molecular formula is C25H30Cl2N4O4. The van der Waals surface area contributed by atoms with Crippen molar-refractivity contribution in [3.63, 3.8) is 0 Å². The number of nitrogens with two attached hydrogens (primary N) is 1. The molecule has 0 bridgehead atoms. The zero-order valence-electron chi connectivity index (χ0n) is 20.5. The SMILES string of the molecule is CC(C)(C)OC(=O)N1CCCC1.COc1cc(OC)c(Cl)c(-c2ccc3nc(N)ncc3c2)c1Cl. The van der Waals surface area contributed by atoms with Gasteiger partial charge in [-0.2, -0.15) is 0 Å². The molecule has 8 nitrogen and oxygen atoms in total. The van der Waals surface area contributed by atoms with Gasteiger partial charge in [-0.1, -0.05) is 29.3 Å². The predicted octanol–water partition coefficient (Wildman–Crippen LogP) is 6.22. The van der Waals surface area contributed by atoms with Crippen molar-refractivity contribution in [3.8, 4) is 22.6 Å². The zero-order valence-corrected chi connectivity index (χ0v) is 22.0. The molecule has 2 aromatic carbocycles. The number of hydrogen-bond acceptors (Lipinski definition) is 7. The van der Waals surface area contributed by atoms with Crippen LogP contribution in [0.3, 0.4) is 0 Å². The van der Waals surface area contributed by atoms with Gasteiger partial charge in [-0.15, -0.1) is 0 Å². The van der Waals surface area contributed by atoms with E-state index in [0.717, 1.165) is 42.4 Å². The Morgan fingerprint density at radius 3 is 2.17 bits per heavy atom. The lowest BCUT2D eigenvalue weighted by molar-refractivity contribution is 0.0295. The van der Waals surface area contributed by atoms with Crippen molar-refractivity contribution in [3.05, 3.63) is 40.5 Å². The highest BCUT2D eigenvalue weighted by atomic mass is 35.5. The Morgan fingerprint density at radius 2 is 1.63 bits per heavy atom. The number of ether oxygens (including phenoxy) is 3. The molecule has 0 spiro atoms. The molecular weight excluding hydrogens is 491 g/mol. The first kappa shape index (κ1) is 26.6. The van der Waals surface area contributed by atoms with Crippen LogP contribution in [0.25, 0.3) is 22.0 Å². The summed E-state index contributed by atoms with van der Waals surface area (Å²) in [7, 11) is 3.07. The summed E-state index contributed by atoms with van der Waals surface area (Å²) in [6, 6.07) is 7.24. The standard InChI is InChI=1S/C16H13Cl2N3O2.C9H17NO2/c1-22-11-6-12(23-2)15(18)13(14(11)17)8-3-4-10-9(5-8)7-20-16(19)21-10;1-9(2,3)12-8(11)10-6-4-5-7-10/h3-7H,1-2H3,(H2,19,20,21);4-7H2,1-3H3. The van der Waals surface area contributed by atoms with E-state index in [-0.39, 0.29) is 17.6 Å². The first-order valence-corrected chi connectivity index (χ1v) is 11.9. The lowest BCUT2D eigenvalue weighted by Gasteiger charge is -2.23. The molecule has 1 aliphatic heterocycles. The molecule has 35 heavy (non-hydrogen) atoms. The molecule has 1 aliphatic rings. The largest absolute Gasteiger partial charge is 0.495 e. The van der Waals surface area contributed by atoms with Gasteiger partial charge < -0.3 is 24.8 Å². The fraction of sp³-hybridized carbons (Fsp3) is 0.400. The number of likely N-dealkylation sites (tertiary alicyclic amines) is 1. The molecule has 0 unspecified atom stereocenters. The Hall–Kier alpha value is -2.97. The molecule has 1 aromatic heterocycles. The van der Waals surface area contributed by atoms with Crippen LogP contribution < -0.4 is 15.2 Å². The van der Waals surface area contributed by atoms with Gasteiger partial charge in [0.1, 0.15) is 17.1 Å². The number of halogens is 2. The van der Waals surface area contributed by atoms with Crippen molar-refractivity contribution >= 4 is 46.1 Å². The Morgan fingerprint density at radius 1 is 1.03 bits per heavy atom. The maximum atomic E-state index is 11.4. The van der Waals surface area contributed by atoms with Crippen LogP contribution in [0.5, 0.6) is 11.5 Å². The van der Waals surface area contributed by atoms with Crippen LogP contribution in [0.4, 0.5) is 10.7 Å². The van der Waals surface area contributed by atoms with Crippen LogP contribution in [0.15, 0.2) is 30.5 Å². The molecule has 3 aromatic rings. The van der Waals surface area contributed by atoms with E-state index >= 15 is 0 Å². The summed E-state index contributed by atoms with van der Waals surface area (Å²) in [5.41, 5.74) is 7.41. The molecule has 0 saturated carbocycles. The summed E-state index contributed by atoms with van der Waals surface area (Å²) >= 11 is 12.9. The lowest BCUT2D eigenvalue weighted by atomic mass is 10.0. The maximum absolute atomic E-state index is 11.4. The van der Waals surface area contributed by atoms with E-state index in [9.17, 15) is 4.79 Å². The van der Waals surface area contributed by atoms with Crippen molar-refractivity contribution in [1.29, 1.82) is 0 Å². The van der Waals surface area contributed by atoms with Crippen LogP contribution in [-0.2, 0) is 4.74 Å². The second-order valence-corrected chi connectivity index (χ2v) is 9.72. The number of nitrogens with zero attached hydrogens (tertiary/aromatic N) is 3. The Balaban J connectivity index is 0.000000241. The predicted molar refractivity (Wildman–Crippen MR) is 140 cm³/mol. The summed E-state index contributed by atoms with van der Waals surface area (Å²) in [6.07, 6.45) is 3.71. The number of rotatable bonds is 3. The maximum Gasteiger partial charge on any atom is 0.410 e. The quantitative estimate of drug-likeness (QED) is 0.437. The number of methoxy groups -OCH3 is 2. The number of aromatic nitrogens is 2. The number of benzene rings is 2. The average molecular weight is 521 g/mol. The first-order valence-electron chi connectivity index (χ1n) is 11.1. The molecule has 0 aliphatic carbocycles. The zero-order chi connectivity index (χ0) is 25.8. The molecule has 1 amide bonds. The van der Waals surface area contributed by atoms with Crippen molar-refractivity contribution in [1.82, 2.24) is 14.9 Å². The van der Waals surface area contributed by atoms with Crippen molar-refractivity contribution < 1.29 is 19.0 Å². The topological polar surface area (TPSA) is 99.8 Å². The van der Waals surface area contributed by atoms with E-state index in [1.165, 1.54) is 14.2 Å². The van der Waals surface area contributed by atoms with Gasteiger partial charge in [0.05, 0.1) is 29.8 Å². The van der Waals surface area contributed by atoms with E-state index in [1.54, 1.807) is 17.2 Å². The second kappa shape index (κ2) is 11.2. The van der Waals surface area contributed by atoms with Gasteiger partial charge in [-0.05, 0) is 51.3 Å². The van der Waals surface area contributed by atoms with E-state index in [4.69, 9.17) is 43.1 Å². The monoisotopic (exact) mass is 520 g/mol. The highest BCUT2D eigenvalue weighted by molar-refractivity contribution is 6.41. The number of hydrogen-bond donors (Lipinski definition) is 1. The molecule has 4 rings (SSSR count). The average Bonchev–Trinajstić information content (AvgIpc) is 3.34. The van der Waals surface area contributed by atoms with Crippen molar-refractivity contribution in [2.75, 3.05) is 33.0 Å². The Labute approximate surface area is 215 Å². The fourth-order valence-corrected chi connectivity index (χ4v) is 4.29. The molecule has 0 atom stereocenters. The van der Waals surface area contributed by atoms with Crippen LogP contribution in [-0.4, -0.2) is 53.9 Å². The van der Waals surface area contributed by atoms with E-state index in [2.05, 4.69) is 9.97 Å². The number of carbonyl (C=O) groups excluding carboxylic acids is 1. The van der Waals surface area contributed by atoms with E-state index in [1.807, 2.05) is 39.0 Å². The third-order valence-corrected chi connectivity index (χ3v) is 5.97. The summed E-state index contributed by atoms with van der Waals surface area (Å²) in [6.45, 7) is 7.38. The Kier molecular flexibility index (Phi) is 8.51. The minimum absolute atomic E-state index is 0.167. The van der Waals surface area contributed by atoms with Crippen molar-refractivity contribution in [2.45, 2.75) is 39.2 Å².